The molecule has 24 heavy (non-hydrogen) atoms. The Morgan fingerprint density at radius 1 is 1.17 bits per heavy atom. The van der Waals surface area contributed by atoms with E-state index in [1.54, 1.807) is 41.5 Å². The van der Waals surface area contributed by atoms with Crippen LogP contribution in [0.25, 0.3) is 11.3 Å². The first-order chi connectivity index (χ1) is 11.7. The molecule has 7 heteroatoms. The number of nitrogens with one attached hydrogen (secondary N) is 1. The smallest absolute Gasteiger partial charge is 0.274 e. The molecular formula is C17H16N4O3. The topological polar surface area (TPSA) is 89.3 Å². The summed E-state index contributed by atoms with van der Waals surface area (Å²) in [7, 11) is 1.63. The summed E-state index contributed by atoms with van der Waals surface area (Å²) in [6.45, 7) is 0.599. The van der Waals surface area contributed by atoms with Crippen LogP contribution in [0.2, 0.25) is 0 Å². The molecule has 0 unspecified atom stereocenters. The molecule has 122 valence electrons. The van der Waals surface area contributed by atoms with Gasteiger partial charge in [0.25, 0.3) is 5.91 Å². The van der Waals surface area contributed by atoms with E-state index in [1.807, 2.05) is 30.5 Å². The zero-order valence-corrected chi connectivity index (χ0v) is 13.0. The van der Waals surface area contributed by atoms with Gasteiger partial charge in [-0.15, -0.1) is 5.10 Å². The van der Waals surface area contributed by atoms with Crippen LogP contribution >= 0.6 is 0 Å². The molecule has 1 amide bonds. The van der Waals surface area contributed by atoms with Crippen LogP contribution in [0.15, 0.2) is 54.7 Å². The molecule has 0 aliphatic carbocycles. The lowest BCUT2D eigenvalue weighted by molar-refractivity contribution is 0.0706. The SMILES string of the molecule is COc1ccc(Cn2cc(-c3ccc(C(=O)NO)cc3)nn2)cc1. The molecule has 2 aromatic carbocycles. The molecule has 0 aliphatic heterocycles. The van der Waals surface area contributed by atoms with Gasteiger partial charge < -0.3 is 4.74 Å². The van der Waals surface area contributed by atoms with E-state index in [0.717, 1.165) is 16.9 Å². The van der Waals surface area contributed by atoms with Crippen molar-refractivity contribution in [3.63, 3.8) is 0 Å². The Bertz CT molecular complexity index is 826. The van der Waals surface area contributed by atoms with E-state index in [4.69, 9.17) is 9.94 Å². The van der Waals surface area contributed by atoms with Crippen molar-refractivity contribution >= 4 is 5.91 Å². The summed E-state index contributed by atoms with van der Waals surface area (Å²) in [5.74, 6) is 0.259. The normalized spacial score (nSPS) is 10.4. The van der Waals surface area contributed by atoms with Crippen molar-refractivity contribution in [1.29, 1.82) is 0 Å². The minimum atomic E-state index is -0.551. The van der Waals surface area contributed by atoms with Crippen molar-refractivity contribution < 1.29 is 14.7 Å². The van der Waals surface area contributed by atoms with Crippen LogP contribution < -0.4 is 10.2 Å². The van der Waals surface area contributed by atoms with E-state index in [9.17, 15) is 4.79 Å². The van der Waals surface area contributed by atoms with Gasteiger partial charge in [0.15, 0.2) is 0 Å². The molecule has 0 spiro atoms. The summed E-state index contributed by atoms with van der Waals surface area (Å²) >= 11 is 0. The number of rotatable bonds is 5. The molecule has 2 N–H and O–H groups in total. The Morgan fingerprint density at radius 2 is 1.88 bits per heavy atom. The molecule has 0 fully saturated rings. The summed E-state index contributed by atoms with van der Waals surface area (Å²) in [4.78, 5) is 11.3. The fourth-order valence-corrected chi connectivity index (χ4v) is 2.28. The van der Waals surface area contributed by atoms with Gasteiger partial charge in [0.05, 0.1) is 19.9 Å². The number of methoxy groups -OCH3 is 1. The highest BCUT2D eigenvalue weighted by Crippen LogP contribution is 2.18. The van der Waals surface area contributed by atoms with Crippen molar-refractivity contribution in [3.8, 4) is 17.0 Å². The fraction of sp³-hybridized carbons (Fsp3) is 0.118. The highest BCUT2D eigenvalue weighted by atomic mass is 16.5. The van der Waals surface area contributed by atoms with Gasteiger partial charge >= 0.3 is 0 Å². The van der Waals surface area contributed by atoms with Gasteiger partial charge in [-0.05, 0) is 29.8 Å². The maximum Gasteiger partial charge on any atom is 0.274 e. The number of hydroxylamine groups is 1. The minimum absolute atomic E-state index is 0.367. The molecule has 0 aliphatic rings. The summed E-state index contributed by atoms with van der Waals surface area (Å²) in [5.41, 5.74) is 4.60. The third-order valence-corrected chi connectivity index (χ3v) is 3.59. The van der Waals surface area contributed by atoms with Crippen LogP contribution in [0.5, 0.6) is 5.75 Å². The van der Waals surface area contributed by atoms with Gasteiger partial charge in [-0.25, -0.2) is 10.2 Å². The van der Waals surface area contributed by atoms with Crippen molar-refractivity contribution in [3.05, 3.63) is 65.9 Å². The molecule has 3 rings (SSSR count). The summed E-state index contributed by atoms with van der Waals surface area (Å²) < 4.78 is 6.88. The van der Waals surface area contributed by atoms with Crippen molar-refractivity contribution in [2.45, 2.75) is 6.54 Å². The van der Waals surface area contributed by atoms with Crippen LogP contribution in [0.3, 0.4) is 0 Å². The molecule has 0 saturated carbocycles. The molecule has 0 saturated heterocycles. The van der Waals surface area contributed by atoms with E-state index in [1.165, 1.54) is 0 Å². The molecule has 0 radical (unpaired) electrons. The molecule has 0 atom stereocenters. The predicted octanol–water partition coefficient (Wildman–Crippen LogP) is 2.12. The number of carbonyl (C=O) groups excluding carboxylic acids is 1. The van der Waals surface area contributed by atoms with Gasteiger partial charge in [0.1, 0.15) is 11.4 Å². The van der Waals surface area contributed by atoms with E-state index >= 15 is 0 Å². The third kappa shape index (κ3) is 3.41. The van der Waals surface area contributed by atoms with E-state index in [-0.39, 0.29) is 0 Å². The molecule has 1 heterocycles. The van der Waals surface area contributed by atoms with Gasteiger partial charge in [0, 0.05) is 11.1 Å². The number of carbonyl (C=O) groups is 1. The summed E-state index contributed by atoms with van der Waals surface area (Å²) in [6.07, 6.45) is 1.84. The van der Waals surface area contributed by atoms with Crippen molar-refractivity contribution in [2.75, 3.05) is 7.11 Å². The highest BCUT2D eigenvalue weighted by molar-refractivity contribution is 5.93. The minimum Gasteiger partial charge on any atom is -0.497 e. The Labute approximate surface area is 138 Å². The third-order valence-electron chi connectivity index (χ3n) is 3.59. The number of hydrogen-bond acceptors (Lipinski definition) is 5. The number of amides is 1. The van der Waals surface area contributed by atoms with Gasteiger partial charge in [0.2, 0.25) is 0 Å². The van der Waals surface area contributed by atoms with Gasteiger partial charge in [-0.3, -0.25) is 10.0 Å². The zero-order chi connectivity index (χ0) is 16.9. The maximum atomic E-state index is 11.3. The Hall–Kier alpha value is -3.19. The maximum absolute atomic E-state index is 11.3. The number of ether oxygens (including phenoxy) is 1. The van der Waals surface area contributed by atoms with E-state index < -0.39 is 5.91 Å². The Balaban J connectivity index is 1.73. The second kappa shape index (κ2) is 6.93. The predicted molar refractivity (Wildman–Crippen MR) is 86.8 cm³/mol. The van der Waals surface area contributed by atoms with E-state index in [2.05, 4.69) is 10.3 Å². The monoisotopic (exact) mass is 324 g/mol. The number of benzene rings is 2. The fourth-order valence-electron chi connectivity index (χ4n) is 2.28. The number of nitrogens with zero attached hydrogens (tertiary/aromatic N) is 3. The molecule has 0 bridgehead atoms. The first-order valence-corrected chi connectivity index (χ1v) is 7.27. The number of aromatic nitrogens is 3. The standard InChI is InChI=1S/C17H16N4O3/c1-24-15-8-2-12(3-9-15)10-21-11-16(18-20-21)13-4-6-14(7-5-13)17(22)19-23/h2-9,11,23H,10H2,1H3,(H,19,22). The Kier molecular flexibility index (Phi) is 4.53. The molecular weight excluding hydrogens is 308 g/mol. The van der Waals surface area contributed by atoms with Crippen LogP contribution in [0, 0.1) is 0 Å². The quantitative estimate of drug-likeness (QED) is 0.554. The second-order valence-electron chi connectivity index (χ2n) is 5.17. The number of hydrogen-bond donors (Lipinski definition) is 2. The molecule has 1 aromatic heterocycles. The van der Waals surface area contributed by atoms with Crippen molar-refractivity contribution in [1.82, 2.24) is 20.5 Å². The average molecular weight is 324 g/mol. The lowest BCUT2D eigenvalue weighted by atomic mass is 10.1. The second-order valence-corrected chi connectivity index (χ2v) is 5.17. The van der Waals surface area contributed by atoms with Crippen LogP contribution in [-0.2, 0) is 6.54 Å². The molecule has 7 nitrogen and oxygen atoms in total. The molecule has 3 aromatic rings. The van der Waals surface area contributed by atoms with Crippen LogP contribution in [-0.4, -0.2) is 33.2 Å². The largest absolute Gasteiger partial charge is 0.497 e. The summed E-state index contributed by atoms with van der Waals surface area (Å²) in [5, 5.41) is 16.9. The first-order valence-electron chi connectivity index (χ1n) is 7.27. The lowest BCUT2D eigenvalue weighted by Gasteiger charge is -2.03. The lowest BCUT2D eigenvalue weighted by Crippen LogP contribution is -2.18. The highest BCUT2D eigenvalue weighted by Gasteiger charge is 2.07. The van der Waals surface area contributed by atoms with Crippen LogP contribution in [0.4, 0.5) is 0 Å². The zero-order valence-electron chi connectivity index (χ0n) is 13.0. The van der Waals surface area contributed by atoms with Gasteiger partial charge in [-0.1, -0.05) is 29.5 Å². The first kappa shape index (κ1) is 15.7. The summed E-state index contributed by atoms with van der Waals surface area (Å²) in [6, 6.07) is 14.5. The van der Waals surface area contributed by atoms with Crippen molar-refractivity contribution in [2.24, 2.45) is 0 Å². The van der Waals surface area contributed by atoms with Crippen LogP contribution in [0.1, 0.15) is 15.9 Å². The Morgan fingerprint density at radius 3 is 2.50 bits per heavy atom. The van der Waals surface area contributed by atoms with E-state index in [0.29, 0.717) is 17.8 Å². The average Bonchev–Trinajstić information content (AvgIpc) is 3.10. The van der Waals surface area contributed by atoms with Gasteiger partial charge in [-0.2, -0.15) is 0 Å².